The van der Waals surface area contributed by atoms with Crippen LogP contribution < -0.4 is 5.32 Å². The predicted octanol–water partition coefficient (Wildman–Crippen LogP) is 5.27. The lowest BCUT2D eigenvalue weighted by Crippen LogP contribution is -2.10. The minimum atomic E-state index is 0.216. The number of hydrogen-bond donors (Lipinski definition) is 1. The molecule has 2 aromatic rings. The van der Waals surface area contributed by atoms with Crippen LogP contribution in [-0.2, 0) is 12.8 Å². The van der Waals surface area contributed by atoms with E-state index in [4.69, 9.17) is 4.99 Å². The maximum atomic E-state index is 13.5. The average Bonchev–Trinajstić information content (AvgIpc) is 3.33. The Bertz CT molecular complexity index is 858. The Morgan fingerprint density at radius 2 is 2.19 bits per heavy atom. The second-order valence-corrected chi connectivity index (χ2v) is 7.92. The van der Waals surface area contributed by atoms with E-state index in [1.807, 2.05) is 7.05 Å². The fraction of sp³-hybridized carbons (Fsp3) is 0.500. The molecule has 0 radical (unpaired) electrons. The van der Waals surface area contributed by atoms with Crippen LogP contribution in [0.2, 0.25) is 0 Å². The molecule has 0 bridgehead atoms. The van der Waals surface area contributed by atoms with Gasteiger partial charge in [-0.05, 0) is 62.1 Å². The summed E-state index contributed by atoms with van der Waals surface area (Å²) in [7, 11) is 1.91. The zero-order chi connectivity index (χ0) is 18.3. The van der Waals surface area contributed by atoms with Gasteiger partial charge in [0.1, 0.15) is 5.69 Å². The summed E-state index contributed by atoms with van der Waals surface area (Å²) in [5.41, 5.74) is 7.31. The van der Waals surface area contributed by atoms with Crippen molar-refractivity contribution in [1.82, 2.24) is 9.19 Å². The Hall–Kier alpha value is -1.82. The molecule has 26 heavy (non-hydrogen) atoms. The second kappa shape index (κ2) is 7.06. The molecule has 1 fully saturated rings. The van der Waals surface area contributed by atoms with Crippen LogP contribution >= 0.6 is 12.3 Å². The van der Waals surface area contributed by atoms with E-state index in [9.17, 15) is 3.89 Å². The van der Waals surface area contributed by atoms with Crippen LogP contribution in [0.5, 0.6) is 0 Å². The summed E-state index contributed by atoms with van der Waals surface area (Å²) in [6, 6.07) is 6.20. The van der Waals surface area contributed by atoms with Gasteiger partial charge in [-0.15, -0.1) is 3.89 Å². The first-order chi connectivity index (χ1) is 12.6. The van der Waals surface area contributed by atoms with Crippen molar-refractivity contribution in [3.8, 4) is 0 Å². The van der Waals surface area contributed by atoms with Gasteiger partial charge in [-0.2, -0.15) is 9.19 Å². The fourth-order valence-corrected chi connectivity index (χ4v) is 4.36. The summed E-state index contributed by atoms with van der Waals surface area (Å²) in [5, 5.41) is 7.78. The van der Waals surface area contributed by atoms with Crippen LogP contribution in [-0.4, -0.2) is 21.9 Å². The number of nitrogens with zero attached hydrogens (tertiary/aromatic N) is 3. The van der Waals surface area contributed by atoms with Gasteiger partial charge in [0.2, 0.25) is 0 Å². The van der Waals surface area contributed by atoms with E-state index in [2.05, 4.69) is 42.5 Å². The maximum Gasteiger partial charge on any atom is 0.187 e. The lowest BCUT2D eigenvalue weighted by Gasteiger charge is -2.13. The zero-order valence-electron chi connectivity index (χ0n) is 15.6. The number of aryl methyl sites for hydroxylation is 1. The van der Waals surface area contributed by atoms with Crippen molar-refractivity contribution in [2.45, 2.75) is 46.0 Å². The van der Waals surface area contributed by atoms with E-state index in [0.29, 0.717) is 0 Å². The van der Waals surface area contributed by atoms with Gasteiger partial charge in [0.25, 0.3) is 0 Å². The van der Waals surface area contributed by atoms with Crippen LogP contribution in [0.4, 0.5) is 15.3 Å². The summed E-state index contributed by atoms with van der Waals surface area (Å²) >= 11 is 0.216. The molecular formula is C20H25FN4S. The number of benzene rings is 1. The van der Waals surface area contributed by atoms with Crippen molar-refractivity contribution in [1.29, 1.82) is 0 Å². The predicted molar refractivity (Wildman–Crippen MR) is 107 cm³/mol. The third-order valence-corrected chi connectivity index (χ3v) is 6.06. The Balaban J connectivity index is 1.79. The van der Waals surface area contributed by atoms with Crippen molar-refractivity contribution in [3.63, 3.8) is 0 Å². The number of anilines is 1. The second-order valence-electron chi connectivity index (χ2n) is 7.44. The zero-order valence-corrected chi connectivity index (χ0v) is 16.4. The molecule has 138 valence electrons. The third-order valence-electron chi connectivity index (χ3n) is 5.63. The van der Waals surface area contributed by atoms with E-state index in [1.165, 1.54) is 16.1 Å². The highest BCUT2D eigenvalue weighted by Gasteiger charge is 2.44. The van der Waals surface area contributed by atoms with Crippen molar-refractivity contribution in [3.05, 3.63) is 40.7 Å². The normalized spacial score (nSPS) is 21.3. The fourth-order valence-electron chi connectivity index (χ4n) is 3.98. The Morgan fingerprint density at radius 3 is 2.92 bits per heavy atom. The van der Waals surface area contributed by atoms with Gasteiger partial charge in [-0.1, -0.05) is 19.4 Å². The molecule has 2 aliphatic rings. The number of aromatic nitrogens is 2. The molecule has 0 aliphatic heterocycles. The Kier molecular flexibility index (Phi) is 4.78. The van der Waals surface area contributed by atoms with Crippen LogP contribution in [0.25, 0.3) is 0 Å². The van der Waals surface area contributed by atoms with Crippen LogP contribution in [0.3, 0.4) is 0 Å². The molecule has 1 heterocycles. The Labute approximate surface area is 158 Å². The molecule has 1 aromatic carbocycles. The van der Waals surface area contributed by atoms with Gasteiger partial charge in [0, 0.05) is 18.3 Å². The minimum absolute atomic E-state index is 0.216. The molecule has 0 spiro atoms. The van der Waals surface area contributed by atoms with E-state index in [1.54, 1.807) is 0 Å². The highest BCUT2D eigenvalue weighted by molar-refractivity contribution is 7.92. The molecule has 1 aromatic heterocycles. The summed E-state index contributed by atoms with van der Waals surface area (Å²) in [5.74, 6) is 1.50. The topological polar surface area (TPSA) is 42.2 Å². The third kappa shape index (κ3) is 3.15. The van der Waals surface area contributed by atoms with E-state index >= 15 is 0 Å². The molecule has 4 rings (SSSR count). The largest absolute Gasteiger partial charge is 0.388 e. The van der Waals surface area contributed by atoms with Crippen molar-refractivity contribution >= 4 is 29.4 Å². The van der Waals surface area contributed by atoms with Gasteiger partial charge in [-0.25, -0.2) is 0 Å². The van der Waals surface area contributed by atoms with Crippen molar-refractivity contribution in [2.75, 3.05) is 12.4 Å². The highest BCUT2D eigenvalue weighted by atomic mass is 32.2. The molecule has 2 aliphatic carbocycles. The van der Waals surface area contributed by atoms with Gasteiger partial charge >= 0.3 is 0 Å². The molecule has 6 heteroatoms. The monoisotopic (exact) mass is 372 g/mol. The molecule has 2 atom stereocenters. The first kappa shape index (κ1) is 17.6. The molecular weight excluding hydrogens is 347 g/mol. The highest BCUT2D eigenvalue weighted by Crippen LogP contribution is 2.49. The summed E-state index contributed by atoms with van der Waals surface area (Å²) < 4.78 is 15.0. The van der Waals surface area contributed by atoms with E-state index in [-0.39, 0.29) is 12.3 Å². The SMILES string of the molecule is CCCC(=Nc1cc(NC)ccc1C)c1nn(SF)c2c1CC1CC1C2. The number of rotatable bonds is 6. The molecule has 0 saturated heterocycles. The quantitative estimate of drug-likeness (QED) is 0.703. The molecule has 0 amide bonds. The lowest BCUT2D eigenvalue weighted by atomic mass is 9.93. The Morgan fingerprint density at radius 1 is 1.38 bits per heavy atom. The first-order valence-electron chi connectivity index (χ1n) is 9.40. The minimum Gasteiger partial charge on any atom is -0.388 e. The van der Waals surface area contributed by atoms with Gasteiger partial charge in [0.15, 0.2) is 12.3 Å². The van der Waals surface area contributed by atoms with Gasteiger partial charge in [-0.3, -0.25) is 4.99 Å². The molecule has 2 unspecified atom stereocenters. The summed E-state index contributed by atoms with van der Waals surface area (Å²) in [4.78, 5) is 4.99. The lowest BCUT2D eigenvalue weighted by molar-refractivity contribution is 0.631. The van der Waals surface area contributed by atoms with Gasteiger partial charge < -0.3 is 5.32 Å². The molecule has 1 N–H and O–H groups in total. The van der Waals surface area contributed by atoms with E-state index < -0.39 is 0 Å². The molecule has 1 saturated carbocycles. The number of hydrogen-bond acceptors (Lipinski definition) is 4. The standard InChI is InChI=1S/C20H25FN4S/c1-4-5-17(23-18-11-15(22-3)7-6-12(18)2)20-16-9-13-8-14(13)10-19(16)25(24-20)26-21/h6-7,11,13-14,22H,4-5,8-10H2,1-3H3. The molecule has 4 nitrogen and oxygen atoms in total. The summed E-state index contributed by atoms with van der Waals surface area (Å²) in [6.07, 6.45) is 5.08. The van der Waals surface area contributed by atoms with Gasteiger partial charge in [0.05, 0.1) is 17.1 Å². The number of nitrogens with one attached hydrogen (secondary N) is 1. The van der Waals surface area contributed by atoms with Crippen LogP contribution in [0, 0.1) is 18.8 Å². The van der Waals surface area contributed by atoms with Crippen molar-refractivity contribution < 1.29 is 3.89 Å². The first-order valence-corrected chi connectivity index (χ1v) is 10.1. The van der Waals surface area contributed by atoms with Crippen LogP contribution in [0.1, 0.15) is 48.7 Å². The smallest absolute Gasteiger partial charge is 0.187 e. The average molecular weight is 373 g/mol. The number of halogens is 1. The number of fused-ring (bicyclic) bond motifs is 2. The maximum absolute atomic E-state index is 13.5. The number of aliphatic imine (C=N–C) groups is 1. The van der Waals surface area contributed by atoms with Crippen molar-refractivity contribution in [2.24, 2.45) is 16.8 Å². The van der Waals surface area contributed by atoms with E-state index in [0.717, 1.165) is 71.6 Å². The summed E-state index contributed by atoms with van der Waals surface area (Å²) in [6.45, 7) is 4.22. The van der Waals surface area contributed by atoms with Crippen LogP contribution in [0.15, 0.2) is 23.2 Å².